The summed E-state index contributed by atoms with van der Waals surface area (Å²) < 4.78 is 10.2. The van der Waals surface area contributed by atoms with E-state index in [-0.39, 0.29) is 0 Å². The summed E-state index contributed by atoms with van der Waals surface area (Å²) in [6.45, 7) is 9.31. The Morgan fingerprint density at radius 3 is 2.30 bits per heavy atom. The Hall–Kier alpha value is -0.670. The number of nitrogens with zero attached hydrogens (tertiary/aromatic N) is 2. The van der Waals surface area contributed by atoms with Crippen LogP contribution in [-0.2, 0) is 9.47 Å². The zero-order valence-corrected chi connectivity index (χ0v) is 13.6. The topological polar surface area (TPSA) is 57.5 Å². The summed E-state index contributed by atoms with van der Waals surface area (Å²) >= 11 is 0. The third kappa shape index (κ3) is 9.27. The lowest BCUT2D eigenvalue weighted by molar-refractivity contribution is 0.130. The predicted octanol–water partition coefficient (Wildman–Crippen LogP) is 1.64. The smallest absolute Gasteiger partial charge is 0.103 e. The van der Waals surface area contributed by atoms with E-state index in [0.717, 1.165) is 58.7 Å². The van der Waals surface area contributed by atoms with E-state index in [9.17, 15) is 5.26 Å². The van der Waals surface area contributed by atoms with Gasteiger partial charge in [-0.1, -0.05) is 6.92 Å². The molecule has 0 bridgehead atoms. The van der Waals surface area contributed by atoms with Gasteiger partial charge in [-0.05, 0) is 39.3 Å². The molecule has 0 aliphatic carbocycles. The Morgan fingerprint density at radius 1 is 1.10 bits per heavy atom. The molecule has 0 aromatic heterocycles. The average molecular weight is 285 g/mol. The lowest BCUT2D eigenvalue weighted by atomic mass is 9.97. The van der Waals surface area contributed by atoms with E-state index in [2.05, 4.69) is 16.3 Å². The van der Waals surface area contributed by atoms with Gasteiger partial charge in [-0.2, -0.15) is 5.26 Å². The van der Waals surface area contributed by atoms with E-state index in [1.165, 1.54) is 0 Å². The molecule has 0 aliphatic rings. The van der Waals surface area contributed by atoms with Gasteiger partial charge in [-0.25, -0.2) is 0 Å². The lowest BCUT2D eigenvalue weighted by Crippen LogP contribution is -2.41. The molecule has 0 heterocycles. The summed E-state index contributed by atoms with van der Waals surface area (Å²) in [6.07, 6.45) is 2.90. The molecule has 0 amide bonds. The summed E-state index contributed by atoms with van der Waals surface area (Å²) in [6, 6.07) is 2.37. The van der Waals surface area contributed by atoms with Crippen molar-refractivity contribution in [1.82, 2.24) is 10.2 Å². The molecule has 1 N–H and O–H groups in total. The van der Waals surface area contributed by atoms with Crippen molar-refractivity contribution in [2.45, 2.75) is 38.6 Å². The van der Waals surface area contributed by atoms with Crippen LogP contribution in [-0.4, -0.2) is 64.1 Å². The number of ether oxygens (including phenoxy) is 2. The second kappa shape index (κ2) is 12.1. The van der Waals surface area contributed by atoms with Gasteiger partial charge in [-0.3, -0.25) is 5.32 Å². The van der Waals surface area contributed by atoms with Crippen LogP contribution < -0.4 is 5.32 Å². The Balaban J connectivity index is 4.06. The van der Waals surface area contributed by atoms with Crippen LogP contribution in [0.5, 0.6) is 0 Å². The second-order valence-electron chi connectivity index (χ2n) is 5.26. The first-order chi connectivity index (χ1) is 9.61. The fraction of sp³-hybridized carbons (Fsp3) is 0.933. The van der Waals surface area contributed by atoms with Crippen molar-refractivity contribution in [3.8, 4) is 6.07 Å². The van der Waals surface area contributed by atoms with Crippen molar-refractivity contribution < 1.29 is 9.47 Å². The number of nitriles is 1. The fourth-order valence-electron chi connectivity index (χ4n) is 2.22. The first-order valence-corrected chi connectivity index (χ1v) is 7.48. The minimum absolute atomic E-state index is 0.409. The van der Waals surface area contributed by atoms with Gasteiger partial charge in [0.2, 0.25) is 0 Å². The van der Waals surface area contributed by atoms with Crippen LogP contribution in [0.4, 0.5) is 0 Å². The second-order valence-corrected chi connectivity index (χ2v) is 5.26. The maximum absolute atomic E-state index is 9.23. The number of hydrogen-bond acceptors (Lipinski definition) is 5. The van der Waals surface area contributed by atoms with Crippen molar-refractivity contribution >= 4 is 0 Å². The molecular weight excluding hydrogens is 254 g/mol. The molecule has 0 aliphatic heterocycles. The van der Waals surface area contributed by atoms with Crippen LogP contribution in [0.2, 0.25) is 0 Å². The zero-order valence-electron chi connectivity index (χ0n) is 13.6. The predicted molar refractivity (Wildman–Crippen MR) is 81.7 cm³/mol. The number of nitrogens with one attached hydrogen (secondary N) is 1. The molecule has 1 atom stereocenters. The third-order valence-electron chi connectivity index (χ3n) is 3.40. The molecule has 0 spiro atoms. The SMILES string of the molecule is CCNC(C)(C#N)CCCN(CCCOC)CCOC. The van der Waals surface area contributed by atoms with Crippen molar-refractivity contribution in [2.24, 2.45) is 0 Å². The highest BCUT2D eigenvalue weighted by Gasteiger charge is 2.21. The van der Waals surface area contributed by atoms with Crippen LogP contribution in [0.15, 0.2) is 0 Å². The molecule has 5 heteroatoms. The standard InChI is InChI=1S/C15H31N3O2/c1-5-17-15(2,14-16)8-6-9-18(11-13-20-4)10-7-12-19-3/h17H,5-13H2,1-4H3. The van der Waals surface area contributed by atoms with E-state index in [0.29, 0.717) is 0 Å². The molecular formula is C15H31N3O2. The van der Waals surface area contributed by atoms with Gasteiger partial charge in [0.05, 0.1) is 12.7 Å². The number of hydrogen-bond donors (Lipinski definition) is 1. The molecule has 118 valence electrons. The molecule has 0 aromatic carbocycles. The van der Waals surface area contributed by atoms with Gasteiger partial charge in [0, 0.05) is 33.9 Å². The van der Waals surface area contributed by atoms with Crippen LogP contribution in [0.25, 0.3) is 0 Å². The Kier molecular flexibility index (Phi) is 11.7. The first kappa shape index (κ1) is 19.3. The molecule has 1 unspecified atom stereocenters. The maximum atomic E-state index is 9.23. The van der Waals surface area contributed by atoms with Crippen molar-refractivity contribution in [2.75, 3.05) is 53.6 Å². The highest BCUT2D eigenvalue weighted by atomic mass is 16.5. The van der Waals surface area contributed by atoms with Crippen molar-refractivity contribution in [3.63, 3.8) is 0 Å². The molecule has 0 saturated heterocycles. The Labute approximate surface area is 124 Å². The van der Waals surface area contributed by atoms with Gasteiger partial charge >= 0.3 is 0 Å². The minimum Gasteiger partial charge on any atom is -0.385 e. The van der Waals surface area contributed by atoms with E-state index in [1.54, 1.807) is 14.2 Å². The molecule has 0 saturated carbocycles. The molecule has 0 fully saturated rings. The summed E-state index contributed by atoms with van der Waals surface area (Å²) in [7, 11) is 3.46. The molecule has 20 heavy (non-hydrogen) atoms. The molecule has 5 nitrogen and oxygen atoms in total. The van der Waals surface area contributed by atoms with E-state index < -0.39 is 5.54 Å². The Morgan fingerprint density at radius 2 is 1.75 bits per heavy atom. The number of rotatable bonds is 13. The Bertz CT molecular complexity index is 268. The summed E-state index contributed by atoms with van der Waals surface area (Å²) in [5, 5.41) is 12.5. The van der Waals surface area contributed by atoms with Crippen LogP contribution >= 0.6 is 0 Å². The van der Waals surface area contributed by atoms with Crippen LogP contribution in [0, 0.1) is 11.3 Å². The first-order valence-electron chi connectivity index (χ1n) is 7.48. The summed E-state index contributed by atoms with van der Waals surface area (Å²) in [5.41, 5.74) is -0.409. The molecule has 0 rings (SSSR count). The van der Waals surface area contributed by atoms with Crippen molar-refractivity contribution in [3.05, 3.63) is 0 Å². The minimum atomic E-state index is -0.409. The highest BCUT2D eigenvalue weighted by Crippen LogP contribution is 2.11. The largest absolute Gasteiger partial charge is 0.385 e. The summed E-state index contributed by atoms with van der Waals surface area (Å²) in [5.74, 6) is 0. The summed E-state index contributed by atoms with van der Waals surface area (Å²) in [4.78, 5) is 2.38. The van der Waals surface area contributed by atoms with Gasteiger partial charge in [0.1, 0.15) is 5.54 Å². The maximum Gasteiger partial charge on any atom is 0.103 e. The highest BCUT2D eigenvalue weighted by molar-refractivity contribution is 5.03. The average Bonchev–Trinajstić information content (AvgIpc) is 2.44. The number of methoxy groups -OCH3 is 2. The van der Waals surface area contributed by atoms with Crippen LogP contribution in [0.1, 0.15) is 33.1 Å². The van der Waals surface area contributed by atoms with E-state index >= 15 is 0 Å². The van der Waals surface area contributed by atoms with E-state index in [1.807, 2.05) is 13.8 Å². The lowest BCUT2D eigenvalue weighted by Gasteiger charge is -2.26. The molecule has 0 radical (unpaired) electrons. The van der Waals surface area contributed by atoms with Gasteiger partial charge in [0.15, 0.2) is 0 Å². The quantitative estimate of drug-likeness (QED) is 0.521. The monoisotopic (exact) mass is 285 g/mol. The zero-order chi connectivity index (χ0) is 15.3. The fourth-order valence-corrected chi connectivity index (χ4v) is 2.22. The van der Waals surface area contributed by atoms with Crippen LogP contribution in [0.3, 0.4) is 0 Å². The van der Waals surface area contributed by atoms with Gasteiger partial charge in [0.25, 0.3) is 0 Å². The van der Waals surface area contributed by atoms with Crippen molar-refractivity contribution in [1.29, 1.82) is 5.26 Å². The van der Waals surface area contributed by atoms with Gasteiger partial charge in [-0.15, -0.1) is 0 Å². The van der Waals surface area contributed by atoms with E-state index in [4.69, 9.17) is 9.47 Å². The van der Waals surface area contributed by atoms with Gasteiger partial charge < -0.3 is 14.4 Å². The normalized spacial score (nSPS) is 14.2. The molecule has 0 aromatic rings. The third-order valence-corrected chi connectivity index (χ3v) is 3.40.